The van der Waals surface area contributed by atoms with E-state index in [1.807, 2.05) is 37.4 Å². The first-order valence-corrected chi connectivity index (χ1v) is 10.4. The van der Waals surface area contributed by atoms with Crippen molar-refractivity contribution in [3.05, 3.63) is 95.0 Å². The molecule has 2 aromatic heterocycles. The van der Waals surface area contributed by atoms with E-state index >= 15 is 0 Å². The third-order valence-electron chi connectivity index (χ3n) is 5.97. The molecule has 32 heavy (non-hydrogen) atoms. The van der Waals surface area contributed by atoms with Gasteiger partial charge in [0.05, 0.1) is 23.8 Å². The summed E-state index contributed by atoms with van der Waals surface area (Å²) in [5.41, 5.74) is 8.18. The number of fused-ring (bicyclic) bond motifs is 3. The fourth-order valence-electron chi connectivity index (χ4n) is 4.47. The highest BCUT2D eigenvalue weighted by Crippen LogP contribution is 2.43. The van der Waals surface area contributed by atoms with E-state index < -0.39 is 0 Å². The van der Waals surface area contributed by atoms with Crippen LogP contribution in [0.25, 0.3) is 49.2 Å². The molecule has 2 heterocycles. The smallest absolute Gasteiger partial charge is 0.216 e. The van der Waals surface area contributed by atoms with Crippen LogP contribution in [0.5, 0.6) is 0 Å². The third-order valence-corrected chi connectivity index (χ3v) is 5.97. The lowest BCUT2D eigenvalue weighted by Gasteiger charge is -2.07. The molecule has 0 unspecified atom stereocenters. The number of nitrogens with zero attached hydrogens (tertiary/aromatic N) is 3. The van der Waals surface area contributed by atoms with Gasteiger partial charge >= 0.3 is 0 Å². The second kappa shape index (κ2) is 7.38. The molecular formula is C28H20N3O+. The molecule has 4 heteroatoms. The van der Waals surface area contributed by atoms with Gasteiger partial charge in [0.2, 0.25) is 5.69 Å². The Morgan fingerprint density at radius 2 is 1.62 bits per heavy atom. The Morgan fingerprint density at radius 3 is 2.34 bits per heavy atom. The third kappa shape index (κ3) is 2.86. The standard InChI is InChI=1S/C28H20N3O/c1-17-9-14-24(31(4)16-17)25-18(2)10-12-20-21-13-11-19(15-29)26(28(21)32-27(20)25)22-7-5-6-8-23(22)30-3/h5-14,16H,1-2,4H3/q+1. The van der Waals surface area contributed by atoms with Gasteiger partial charge in [-0.1, -0.05) is 36.4 Å². The Kier molecular flexibility index (Phi) is 4.51. The van der Waals surface area contributed by atoms with Crippen molar-refractivity contribution >= 4 is 27.6 Å². The van der Waals surface area contributed by atoms with Crippen molar-refractivity contribution < 1.29 is 8.98 Å². The molecular weight excluding hydrogens is 394 g/mol. The van der Waals surface area contributed by atoms with Crippen LogP contribution in [-0.2, 0) is 7.05 Å². The van der Waals surface area contributed by atoms with Crippen LogP contribution in [-0.4, -0.2) is 0 Å². The molecule has 5 aromatic rings. The quantitative estimate of drug-likeness (QED) is 0.236. The first-order chi connectivity index (χ1) is 15.5. The molecule has 0 N–H and O–H groups in total. The Labute approximate surface area is 186 Å². The highest BCUT2D eigenvalue weighted by molar-refractivity contribution is 6.14. The van der Waals surface area contributed by atoms with Crippen LogP contribution in [0, 0.1) is 31.8 Å². The van der Waals surface area contributed by atoms with Crippen molar-refractivity contribution in [1.82, 2.24) is 0 Å². The normalized spacial score (nSPS) is 10.9. The van der Waals surface area contributed by atoms with E-state index in [4.69, 9.17) is 11.0 Å². The number of benzene rings is 3. The van der Waals surface area contributed by atoms with E-state index in [1.54, 1.807) is 6.07 Å². The van der Waals surface area contributed by atoms with E-state index in [1.165, 1.54) is 5.56 Å². The monoisotopic (exact) mass is 414 g/mol. The number of aryl methyl sites for hydroxylation is 3. The lowest BCUT2D eigenvalue weighted by molar-refractivity contribution is -0.660. The van der Waals surface area contributed by atoms with Gasteiger partial charge in [-0.05, 0) is 43.2 Å². The van der Waals surface area contributed by atoms with Gasteiger partial charge in [0, 0.05) is 28.0 Å². The highest BCUT2D eigenvalue weighted by Gasteiger charge is 2.23. The predicted molar refractivity (Wildman–Crippen MR) is 126 cm³/mol. The van der Waals surface area contributed by atoms with Crippen LogP contribution in [0.15, 0.2) is 71.3 Å². The van der Waals surface area contributed by atoms with Crippen LogP contribution in [0.1, 0.15) is 16.7 Å². The van der Waals surface area contributed by atoms with Gasteiger partial charge in [-0.15, -0.1) is 0 Å². The molecule has 0 radical (unpaired) electrons. The fourth-order valence-corrected chi connectivity index (χ4v) is 4.47. The second-order valence-electron chi connectivity index (χ2n) is 8.04. The summed E-state index contributed by atoms with van der Waals surface area (Å²) in [5.74, 6) is 0. The van der Waals surface area contributed by atoms with Crippen LogP contribution in [0.4, 0.5) is 5.69 Å². The molecule has 3 aromatic carbocycles. The minimum absolute atomic E-state index is 0.492. The zero-order valence-corrected chi connectivity index (χ0v) is 18.1. The zero-order valence-electron chi connectivity index (χ0n) is 18.1. The number of para-hydroxylation sites is 1. The summed E-state index contributed by atoms with van der Waals surface area (Å²) in [6, 6.07) is 21.8. The SMILES string of the molecule is [C-]#[N+]c1ccccc1-c1c(C#N)ccc2c1oc1c(-c3ccc(C)c[n+]3C)c(C)ccc12. The number of rotatable bonds is 2. The first-order valence-electron chi connectivity index (χ1n) is 10.4. The summed E-state index contributed by atoms with van der Waals surface area (Å²) in [4.78, 5) is 3.68. The zero-order chi connectivity index (χ0) is 22.4. The van der Waals surface area contributed by atoms with Crippen molar-refractivity contribution in [3.63, 3.8) is 0 Å². The van der Waals surface area contributed by atoms with Crippen molar-refractivity contribution in [1.29, 1.82) is 5.26 Å². The molecule has 4 nitrogen and oxygen atoms in total. The minimum atomic E-state index is 0.492. The Bertz CT molecular complexity index is 1630. The van der Waals surface area contributed by atoms with E-state index in [-0.39, 0.29) is 0 Å². The number of hydrogen-bond donors (Lipinski definition) is 0. The summed E-state index contributed by atoms with van der Waals surface area (Å²) in [7, 11) is 2.04. The lowest BCUT2D eigenvalue weighted by atomic mass is 9.95. The number of aromatic nitrogens is 1. The first kappa shape index (κ1) is 19.5. The molecule has 152 valence electrons. The van der Waals surface area contributed by atoms with Gasteiger partial charge in [0.15, 0.2) is 11.9 Å². The number of hydrogen-bond acceptors (Lipinski definition) is 2. The van der Waals surface area contributed by atoms with Crippen molar-refractivity contribution in [2.75, 3.05) is 0 Å². The Balaban J connectivity index is 1.94. The van der Waals surface area contributed by atoms with Crippen molar-refractivity contribution in [3.8, 4) is 28.5 Å². The molecule has 5 rings (SSSR count). The van der Waals surface area contributed by atoms with E-state index in [0.717, 1.165) is 33.2 Å². The molecule has 0 spiro atoms. The average Bonchev–Trinajstić information content (AvgIpc) is 3.17. The molecule has 0 saturated heterocycles. The average molecular weight is 414 g/mol. The van der Waals surface area contributed by atoms with Gasteiger partial charge in [-0.2, -0.15) is 5.26 Å². The van der Waals surface area contributed by atoms with Gasteiger partial charge in [0.25, 0.3) is 0 Å². The maximum Gasteiger partial charge on any atom is 0.216 e. The van der Waals surface area contributed by atoms with Gasteiger partial charge < -0.3 is 4.42 Å². The molecule has 0 fully saturated rings. The molecule has 0 aliphatic rings. The lowest BCUT2D eigenvalue weighted by Crippen LogP contribution is -2.31. The second-order valence-corrected chi connectivity index (χ2v) is 8.04. The van der Waals surface area contributed by atoms with Gasteiger partial charge in [0.1, 0.15) is 18.2 Å². The van der Waals surface area contributed by atoms with E-state index in [2.05, 4.69) is 59.8 Å². The number of pyridine rings is 1. The van der Waals surface area contributed by atoms with E-state index in [9.17, 15) is 5.26 Å². The molecule has 0 aliphatic heterocycles. The molecule has 0 atom stereocenters. The molecule has 0 saturated carbocycles. The maximum absolute atomic E-state index is 9.84. The summed E-state index contributed by atoms with van der Waals surface area (Å²) >= 11 is 0. The van der Waals surface area contributed by atoms with Gasteiger partial charge in [-0.3, -0.25) is 0 Å². The largest absolute Gasteiger partial charge is 0.455 e. The van der Waals surface area contributed by atoms with Crippen LogP contribution in [0.2, 0.25) is 0 Å². The molecule has 0 aliphatic carbocycles. The predicted octanol–water partition coefficient (Wildman–Crippen LogP) is 6.78. The van der Waals surface area contributed by atoms with Crippen molar-refractivity contribution in [2.24, 2.45) is 7.05 Å². The van der Waals surface area contributed by atoms with E-state index in [0.29, 0.717) is 28.0 Å². The molecule has 0 amide bonds. The fraction of sp³-hybridized carbons (Fsp3) is 0.107. The summed E-state index contributed by atoms with van der Waals surface area (Å²) in [6.45, 7) is 11.8. The van der Waals surface area contributed by atoms with Gasteiger partial charge in [-0.25, -0.2) is 9.41 Å². The topological polar surface area (TPSA) is 45.2 Å². The van der Waals surface area contributed by atoms with Crippen LogP contribution >= 0.6 is 0 Å². The maximum atomic E-state index is 9.84. The highest BCUT2D eigenvalue weighted by atomic mass is 16.3. The number of nitriles is 1. The van der Waals surface area contributed by atoms with Crippen LogP contribution in [0.3, 0.4) is 0 Å². The van der Waals surface area contributed by atoms with Crippen molar-refractivity contribution in [2.45, 2.75) is 13.8 Å². The van der Waals surface area contributed by atoms with Crippen LogP contribution < -0.4 is 4.57 Å². The Hall–Kier alpha value is -4.41. The Morgan fingerprint density at radius 1 is 0.906 bits per heavy atom. The summed E-state index contributed by atoms with van der Waals surface area (Å²) < 4.78 is 8.68. The summed E-state index contributed by atoms with van der Waals surface area (Å²) in [6.07, 6.45) is 2.10. The summed E-state index contributed by atoms with van der Waals surface area (Å²) in [5, 5.41) is 11.8. The number of furan rings is 1. The molecule has 0 bridgehead atoms. The minimum Gasteiger partial charge on any atom is -0.455 e.